The van der Waals surface area contributed by atoms with Crippen LogP contribution < -0.4 is 5.32 Å². The maximum atomic E-state index is 4.62. The van der Waals surface area contributed by atoms with Crippen molar-refractivity contribution < 1.29 is 0 Å². The fourth-order valence-corrected chi connectivity index (χ4v) is 4.03. The van der Waals surface area contributed by atoms with E-state index in [1.54, 1.807) is 0 Å². The van der Waals surface area contributed by atoms with Crippen molar-refractivity contribution in [3.63, 3.8) is 0 Å². The Balaban J connectivity index is 2.14. The summed E-state index contributed by atoms with van der Waals surface area (Å²) in [6.45, 7) is 14.8. The molecular formula is C16H29N3. The third-order valence-corrected chi connectivity index (χ3v) is 4.13. The second-order valence-electron chi connectivity index (χ2n) is 7.75. The zero-order valence-corrected chi connectivity index (χ0v) is 13.4. The Bertz CT molecular complexity index is 427. The number of aryl methyl sites for hydroxylation is 2. The summed E-state index contributed by atoms with van der Waals surface area (Å²) >= 11 is 0. The minimum Gasteiger partial charge on any atom is -0.353 e. The number of hydrogen-bond donors (Lipinski definition) is 1. The largest absolute Gasteiger partial charge is 0.353 e. The summed E-state index contributed by atoms with van der Waals surface area (Å²) in [6, 6.07) is 0.533. The van der Waals surface area contributed by atoms with E-state index < -0.39 is 0 Å². The predicted molar refractivity (Wildman–Crippen MR) is 81.5 cm³/mol. The lowest BCUT2D eigenvalue weighted by atomic mass is 9.63. The summed E-state index contributed by atoms with van der Waals surface area (Å²) in [4.78, 5) is 4.62. The van der Waals surface area contributed by atoms with Crippen molar-refractivity contribution in [2.24, 2.45) is 10.8 Å². The molecule has 1 heterocycles. The molecule has 1 N–H and O–H groups in total. The van der Waals surface area contributed by atoms with Gasteiger partial charge in [-0.25, -0.2) is 4.98 Å². The van der Waals surface area contributed by atoms with Gasteiger partial charge in [0.25, 0.3) is 0 Å². The molecule has 0 bridgehead atoms. The van der Waals surface area contributed by atoms with Gasteiger partial charge in [-0.05, 0) is 43.9 Å². The normalized spacial score (nSPS) is 22.4. The van der Waals surface area contributed by atoms with Gasteiger partial charge in [0.2, 0.25) is 5.95 Å². The fourth-order valence-electron chi connectivity index (χ4n) is 4.03. The lowest BCUT2D eigenvalue weighted by molar-refractivity contribution is 0.105. The highest BCUT2D eigenvalue weighted by atomic mass is 15.2. The van der Waals surface area contributed by atoms with Crippen LogP contribution in [0.3, 0.4) is 0 Å². The Labute approximate surface area is 117 Å². The topological polar surface area (TPSA) is 29.9 Å². The van der Waals surface area contributed by atoms with Gasteiger partial charge < -0.3 is 9.88 Å². The molecule has 0 atom stereocenters. The van der Waals surface area contributed by atoms with E-state index in [0.29, 0.717) is 16.9 Å². The number of rotatable bonds is 3. The molecule has 0 radical (unpaired) electrons. The van der Waals surface area contributed by atoms with E-state index in [-0.39, 0.29) is 0 Å². The molecule has 108 valence electrons. The van der Waals surface area contributed by atoms with Crippen LogP contribution in [0.2, 0.25) is 0 Å². The second-order valence-corrected chi connectivity index (χ2v) is 7.75. The van der Waals surface area contributed by atoms with E-state index in [1.165, 1.54) is 19.3 Å². The molecule has 1 aliphatic rings. The monoisotopic (exact) mass is 263 g/mol. The van der Waals surface area contributed by atoms with E-state index in [9.17, 15) is 0 Å². The van der Waals surface area contributed by atoms with Crippen molar-refractivity contribution in [3.05, 3.63) is 11.9 Å². The van der Waals surface area contributed by atoms with Crippen molar-refractivity contribution in [2.45, 2.75) is 73.4 Å². The fraction of sp³-hybridized carbons (Fsp3) is 0.812. The van der Waals surface area contributed by atoms with Crippen molar-refractivity contribution in [1.29, 1.82) is 0 Å². The summed E-state index contributed by atoms with van der Waals surface area (Å²) in [7, 11) is 0. The summed E-state index contributed by atoms with van der Waals surface area (Å²) in [5.41, 5.74) is 1.93. The molecule has 2 rings (SSSR count). The number of nitrogens with one attached hydrogen (secondary N) is 1. The molecule has 3 heteroatoms. The lowest BCUT2D eigenvalue weighted by Gasteiger charge is -2.45. The standard InChI is InChI=1S/C16H29N3/c1-7-19-10-12(2)17-14(19)18-13-8-15(3,4)11-16(5,6)9-13/h10,13H,7-9,11H2,1-6H3,(H,17,18). The Kier molecular flexibility index (Phi) is 3.67. The summed E-state index contributed by atoms with van der Waals surface area (Å²) < 4.78 is 2.21. The molecular weight excluding hydrogens is 234 g/mol. The third kappa shape index (κ3) is 3.52. The summed E-state index contributed by atoms with van der Waals surface area (Å²) in [5.74, 6) is 1.04. The Hall–Kier alpha value is -0.990. The highest BCUT2D eigenvalue weighted by Crippen LogP contribution is 2.46. The maximum Gasteiger partial charge on any atom is 0.203 e. The van der Waals surface area contributed by atoms with Crippen molar-refractivity contribution >= 4 is 5.95 Å². The van der Waals surface area contributed by atoms with Gasteiger partial charge in [0.1, 0.15) is 0 Å². The van der Waals surface area contributed by atoms with Gasteiger partial charge in [-0.1, -0.05) is 27.7 Å². The van der Waals surface area contributed by atoms with Crippen LogP contribution in [0, 0.1) is 17.8 Å². The molecule has 0 saturated heterocycles. The molecule has 0 amide bonds. The molecule has 1 fully saturated rings. The van der Waals surface area contributed by atoms with Crippen LogP contribution in [-0.4, -0.2) is 15.6 Å². The van der Waals surface area contributed by atoms with E-state index in [4.69, 9.17) is 0 Å². The number of nitrogens with zero attached hydrogens (tertiary/aromatic N) is 2. The number of hydrogen-bond acceptors (Lipinski definition) is 2. The molecule has 1 saturated carbocycles. The molecule has 0 unspecified atom stereocenters. The smallest absolute Gasteiger partial charge is 0.203 e. The van der Waals surface area contributed by atoms with Gasteiger partial charge in [-0.2, -0.15) is 0 Å². The van der Waals surface area contributed by atoms with Gasteiger partial charge in [0, 0.05) is 18.8 Å². The molecule has 19 heavy (non-hydrogen) atoms. The van der Waals surface area contributed by atoms with E-state index >= 15 is 0 Å². The van der Waals surface area contributed by atoms with Gasteiger partial charge in [0.15, 0.2) is 0 Å². The SMILES string of the molecule is CCn1cc(C)nc1NC1CC(C)(C)CC(C)(C)C1. The van der Waals surface area contributed by atoms with Gasteiger partial charge in [0.05, 0.1) is 5.69 Å². The Morgan fingerprint density at radius 1 is 1.26 bits per heavy atom. The van der Waals surface area contributed by atoms with Crippen LogP contribution in [0.25, 0.3) is 0 Å². The molecule has 0 spiro atoms. The lowest BCUT2D eigenvalue weighted by Crippen LogP contribution is -2.40. The average molecular weight is 263 g/mol. The predicted octanol–water partition coefficient (Wildman–Crippen LogP) is 4.23. The summed E-state index contributed by atoms with van der Waals surface area (Å²) in [6.07, 6.45) is 5.89. The van der Waals surface area contributed by atoms with Crippen LogP contribution in [-0.2, 0) is 6.54 Å². The number of aromatic nitrogens is 2. The molecule has 1 aromatic heterocycles. The number of anilines is 1. The summed E-state index contributed by atoms with van der Waals surface area (Å²) in [5, 5.41) is 3.68. The molecule has 3 nitrogen and oxygen atoms in total. The van der Waals surface area contributed by atoms with Gasteiger partial charge in [-0.3, -0.25) is 0 Å². The first-order valence-electron chi connectivity index (χ1n) is 7.51. The van der Waals surface area contributed by atoms with Gasteiger partial charge >= 0.3 is 0 Å². The maximum absolute atomic E-state index is 4.62. The van der Waals surface area contributed by atoms with Crippen LogP contribution in [0.15, 0.2) is 6.20 Å². The van der Waals surface area contributed by atoms with E-state index in [0.717, 1.165) is 18.2 Å². The second kappa shape index (κ2) is 4.84. The van der Waals surface area contributed by atoms with Crippen molar-refractivity contribution in [3.8, 4) is 0 Å². The van der Waals surface area contributed by atoms with Crippen LogP contribution in [0.4, 0.5) is 5.95 Å². The molecule has 0 aliphatic heterocycles. The van der Waals surface area contributed by atoms with E-state index in [1.807, 2.05) is 0 Å². The molecule has 1 aromatic rings. The van der Waals surface area contributed by atoms with E-state index in [2.05, 4.69) is 62.6 Å². The van der Waals surface area contributed by atoms with Crippen LogP contribution in [0.5, 0.6) is 0 Å². The van der Waals surface area contributed by atoms with Crippen molar-refractivity contribution in [1.82, 2.24) is 9.55 Å². The minimum absolute atomic E-state index is 0.415. The molecule has 0 aromatic carbocycles. The van der Waals surface area contributed by atoms with Crippen LogP contribution in [0.1, 0.15) is 59.6 Å². The first-order chi connectivity index (χ1) is 8.71. The minimum atomic E-state index is 0.415. The van der Waals surface area contributed by atoms with Gasteiger partial charge in [-0.15, -0.1) is 0 Å². The quantitative estimate of drug-likeness (QED) is 0.884. The number of imidazole rings is 1. The highest BCUT2D eigenvalue weighted by Gasteiger charge is 2.38. The zero-order chi connectivity index (χ0) is 14.3. The Morgan fingerprint density at radius 2 is 1.84 bits per heavy atom. The Morgan fingerprint density at radius 3 is 2.37 bits per heavy atom. The highest BCUT2D eigenvalue weighted by molar-refractivity contribution is 5.30. The first kappa shape index (κ1) is 14.4. The third-order valence-electron chi connectivity index (χ3n) is 4.13. The molecule has 1 aliphatic carbocycles. The van der Waals surface area contributed by atoms with Crippen molar-refractivity contribution in [2.75, 3.05) is 5.32 Å². The average Bonchev–Trinajstić information content (AvgIpc) is 2.53. The first-order valence-corrected chi connectivity index (χ1v) is 7.51. The zero-order valence-electron chi connectivity index (χ0n) is 13.4. The van der Waals surface area contributed by atoms with Crippen LogP contribution >= 0.6 is 0 Å².